The van der Waals surface area contributed by atoms with Gasteiger partial charge in [0, 0.05) is 12.5 Å². The highest BCUT2D eigenvalue weighted by molar-refractivity contribution is 6.66. The molecule has 0 aliphatic heterocycles. The van der Waals surface area contributed by atoms with Crippen LogP contribution in [0.3, 0.4) is 0 Å². The summed E-state index contributed by atoms with van der Waals surface area (Å²) in [5.41, 5.74) is 8.36. The molecular formula is C10H8N2O2. The Hall–Kier alpha value is -2.06. The second-order valence-electron chi connectivity index (χ2n) is 2.70. The lowest BCUT2D eigenvalue weighted by Crippen LogP contribution is -2.22. The summed E-state index contributed by atoms with van der Waals surface area (Å²) >= 11 is 0. The summed E-state index contributed by atoms with van der Waals surface area (Å²) in [5, 5.41) is 0. The summed E-state index contributed by atoms with van der Waals surface area (Å²) in [6, 6.07) is 8.19. The van der Waals surface area contributed by atoms with Gasteiger partial charge in [-0.05, 0) is 0 Å². The Balaban J connectivity index is 3.09. The number of benzene rings is 1. The molecule has 0 amide bonds. The number of hydrogen-bond donors (Lipinski definition) is 0. The summed E-state index contributed by atoms with van der Waals surface area (Å²) in [4.78, 5) is 25.1. The molecule has 1 aromatic carbocycles. The van der Waals surface area contributed by atoms with Gasteiger partial charge in [-0.2, -0.15) is 4.79 Å². The Morgan fingerprint density at radius 3 is 2.21 bits per heavy atom. The van der Waals surface area contributed by atoms with Gasteiger partial charge in [0.1, 0.15) is 0 Å². The first kappa shape index (κ1) is 10.0. The Morgan fingerprint density at radius 1 is 1.21 bits per heavy atom. The smallest absolute Gasteiger partial charge is 0.360 e. The lowest BCUT2D eigenvalue weighted by Gasteiger charge is -1.92. The molecule has 0 unspecified atom stereocenters. The number of nitrogens with zero attached hydrogens (tertiary/aromatic N) is 2. The second-order valence-corrected chi connectivity index (χ2v) is 2.70. The van der Waals surface area contributed by atoms with Crippen molar-refractivity contribution in [3.05, 3.63) is 41.4 Å². The van der Waals surface area contributed by atoms with E-state index in [2.05, 4.69) is 4.79 Å². The molecule has 70 valence electrons. The molecule has 0 heterocycles. The van der Waals surface area contributed by atoms with E-state index < -0.39 is 17.3 Å². The van der Waals surface area contributed by atoms with E-state index in [1.165, 1.54) is 6.92 Å². The third-order valence-corrected chi connectivity index (χ3v) is 1.68. The van der Waals surface area contributed by atoms with Crippen LogP contribution in [0.4, 0.5) is 0 Å². The van der Waals surface area contributed by atoms with Crippen LogP contribution in [-0.4, -0.2) is 22.1 Å². The molecule has 0 aromatic heterocycles. The van der Waals surface area contributed by atoms with E-state index in [0.29, 0.717) is 5.56 Å². The highest BCUT2D eigenvalue weighted by atomic mass is 16.1. The zero-order valence-electron chi connectivity index (χ0n) is 7.60. The molecule has 0 fully saturated rings. The summed E-state index contributed by atoms with van der Waals surface area (Å²) in [7, 11) is 0. The Bertz CT molecular complexity index is 417. The van der Waals surface area contributed by atoms with Gasteiger partial charge in [0.2, 0.25) is 5.78 Å². The molecule has 14 heavy (non-hydrogen) atoms. The maximum atomic E-state index is 11.5. The predicted molar refractivity (Wildman–Crippen MR) is 50.1 cm³/mol. The molecule has 0 aliphatic carbocycles. The normalized spacial score (nSPS) is 8.93. The van der Waals surface area contributed by atoms with Crippen LogP contribution in [-0.2, 0) is 4.79 Å². The number of carbonyl (C=O) groups excluding carboxylic acids is 2. The van der Waals surface area contributed by atoms with Crippen LogP contribution in [0.2, 0.25) is 0 Å². The molecule has 4 heteroatoms. The molecular weight excluding hydrogens is 180 g/mol. The van der Waals surface area contributed by atoms with Crippen LogP contribution >= 0.6 is 0 Å². The first-order valence-corrected chi connectivity index (χ1v) is 3.99. The van der Waals surface area contributed by atoms with Gasteiger partial charge in [0.25, 0.3) is 5.78 Å². The summed E-state index contributed by atoms with van der Waals surface area (Å²) in [6.07, 6.45) is 0. The van der Waals surface area contributed by atoms with Crippen LogP contribution in [0.1, 0.15) is 17.3 Å². The van der Waals surface area contributed by atoms with E-state index in [-0.39, 0.29) is 0 Å². The fraction of sp³-hybridized carbons (Fsp3) is 0.100. The SMILES string of the molecule is CC(=O)C(=[N+]=[N-])C(=O)c1ccccc1. The van der Waals surface area contributed by atoms with Gasteiger partial charge >= 0.3 is 5.71 Å². The van der Waals surface area contributed by atoms with Gasteiger partial charge < -0.3 is 5.53 Å². The molecule has 4 nitrogen and oxygen atoms in total. The second kappa shape index (κ2) is 4.25. The predicted octanol–water partition coefficient (Wildman–Crippen LogP) is 1.13. The van der Waals surface area contributed by atoms with Gasteiger partial charge in [-0.3, -0.25) is 9.59 Å². The minimum Gasteiger partial charge on any atom is -0.360 e. The highest BCUT2D eigenvalue weighted by Gasteiger charge is 2.26. The third kappa shape index (κ3) is 2.00. The number of Topliss-reactive ketones (excluding diaryl/α,β-unsaturated/α-hetero) is 2. The molecule has 0 spiro atoms. The first-order valence-electron chi connectivity index (χ1n) is 3.99. The maximum absolute atomic E-state index is 11.5. The Kier molecular flexibility index (Phi) is 3.05. The van der Waals surface area contributed by atoms with Crippen molar-refractivity contribution in [3.63, 3.8) is 0 Å². The molecule has 0 atom stereocenters. The van der Waals surface area contributed by atoms with Gasteiger partial charge in [-0.1, -0.05) is 30.3 Å². The topological polar surface area (TPSA) is 70.5 Å². The standard InChI is InChI=1S/C10H8N2O2/c1-7(13)9(12-11)10(14)8-5-3-2-4-6-8/h2-6H,1H3. The molecule has 0 radical (unpaired) electrons. The maximum Gasteiger partial charge on any atom is 0.404 e. The quantitative estimate of drug-likeness (QED) is 0.234. The third-order valence-electron chi connectivity index (χ3n) is 1.68. The summed E-state index contributed by atoms with van der Waals surface area (Å²) in [6.45, 7) is 1.18. The minimum absolute atomic E-state index is 0.329. The van der Waals surface area contributed by atoms with Crippen molar-refractivity contribution in [2.24, 2.45) is 0 Å². The molecule has 0 saturated carbocycles. The summed E-state index contributed by atoms with van der Waals surface area (Å²) < 4.78 is 0. The van der Waals surface area contributed by atoms with Gasteiger partial charge in [0.05, 0.1) is 0 Å². The van der Waals surface area contributed by atoms with E-state index in [1.807, 2.05) is 0 Å². The van der Waals surface area contributed by atoms with Crippen molar-refractivity contribution < 1.29 is 14.4 Å². The lowest BCUT2D eigenvalue weighted by atomic mass is 10.1. The fourth-order valence-electron chi connectivity index (χ4n) is 1.00. The van der Waals surface area contributed by atoms with Crippen molar-refractivity contribution in [3.8, 4) is 0 Å². The van der Waals surface area contributed by atoms with Crippen LogP contribution < -0.4 is 0 Å². The fourth-order valence-corrected chi connectivity index (χ4v) is 1.00. The van der Waals surface area contributed by atoms with E-state index in [9.17, 15) is 9.59 Å². The van der Waals surface area contributed by atoms with Crippen molar-refractivity contribution >= 4 is 17.3 Å². The van der Waals surface area contributed by atoms with E-state index in [4.69, 9.17) is 5.53 Å². The van der Waals surface area contributed by atoms with Gasteiger partial charge in [-0.25, -0.2) is 0 Å². The number of ketones is 2. The van der Waals surface area contributed by atoms with Crippen molar-refractivity contribution in [1.82, 2.24) is 0 Å². The van der Waals surface area contributed by atoms with E-state index in [0.717, 1.165) is 0 Å². The molecule has 0 saturated heterocycles. The number of rotatable bonds is 3. The van der Waals surface area contributed by atoms with Crippen LogP contribution in [0.5, 0.6) is 0 Å². The largest absolute Gasteiger partial charge is 0.404 e. The number of hydrogen-bond acceptors (Lipinski definition) is 2. The molecule has 1 rings (SSSR count). The zero-order chi connectivity index (χ0) is 10.6. The average Bonchev–Trinajstić information content (AvgIpc) is 2.19. The minimum atomic E-state index is -0.569. The summed E-state index contributed by atoms with van der Waals surface area (Å²) in [5.74, 6) is -1.12. The lowest BCUT2D eigenvalue weighted by molar-refractivity contribution is -0.115. The molecule has 0 aliphatic rings. The van der Waals surface area contributed by atoms with Crippen molar-refractivity contribution in [1.29, 1.82) is 0 Å². The van der Waals surface area contributed by atoms with Crippen molar-refractivity contribution in [2.75, 3.05) is 0 Å². The number of carbonyl (C=O) groups is 2. The van der Waals surface area contributed by atoms with E-state index in [1.54, 1.807) is 30.3 Å². The molecule has 0 N–H and O–H groups in total. The average molecular weight is 188 g/mol. The molecule has 0 bridgehead atoms. The van der Waals surface area contributed by atoms with Crippen LogP contribution in [0, 0.1) is 0 Å². The van der Waals surface area contributed by atoms with Gasteiger partial charge in [0.15, 0.2) is 0 Å². The Morgan fingerprint density at radius 2 is 1.79 bits per heavy atom. The van der Waals surface area contributed by atoms with E-state index >= 15 is 0 Å². The molecule has 1 aromatic rings. The van der Waals surface area contributed by atoms with Crippen LogP contribution in [0.25, 0.3) is 5.53 Å². The Labute approximate surface area is 80.8 Å². The highest BCUT2D eigenvalue weighted by Crippen LogP contribution is 2.00. The van der Waals surface area contributed by atoms with Crippen LogP contribution in [0.15, 0.2) is 30.3 Å². The monoisotopic (exact) mass is 188 g/mol. The zero-order valence-corrected chi connectivity index (χ0v) is 7.60. The van der Waals surface area contributed by atoms with Gasteiger partial charge in [-0.15, -0.1) is 0 Å². The van der Waals surface area contributed by atoms with Crippen molar-refractivity contribution in [2.45, 2.75) is 6.92 Å². The first-order chi connectivity index (χ1) is 6.66.